The maximum Gasteiger partial charge on any atom is 0.352 e. The number of hydrogen-bond donors (Lipinski definition) is 0. The van der Waals surface area contributed by atoms with Crippen LogP contribution in [0.25, 0.3) is 0 Å². The lowest BCUT2D eigenvalue weighted by Crippen LogP contribution is -2.15. The lowest BCUT2D eigenvalue weighted by molar-refractivity contribution is -0.394. The van der Waals surface area contributed by atoms with Crippen LogP contribution in [-0.2, 0) is 10.2 Å². The third-order valence-electron chi connectivity index (χ3n) is 2.75. The van der Waals surface area contributed by atoms with Crippen molar-refractivity contribution in [3.63, 3.8) is 0 Å². The minimum atomic E-state index is -1.11. The van der Waals surface area contributed by atoms with E-state index in [9.17, 15) is 25.0 Å². The van der Waals surface area contributed by atoms with Crippen molar-refractivity contribution >= 4 is 17.3 Å². The number of nitrogens with zero attached hydrogens (tertiary/aromatic N) is 2. The normalized spacial score (nSPS) is 11.0. The zero-order valence-corrected chi connectivity index (χ0v) is 11.5. The van der Waals surface area contributed by atoms with Gasteiger partial charge in [-0.3, -0.25) is 20.2 Å². The van der Waals surface area contributed by atoms with Crippen LogP contribution >= 0.6 is 0 Å². The number of methoxy groups -OCH3 is 1. The van der Waals surface area contributed by atoms with E-state index in [1.165, 1.54) is 12.1 Å². The van der Waals surface area contributed by atoms with Gasteiger partial charge in [-0.1, -0.05) is 20.8 Å². The number of hydrogen-bond acceptors (Lipinski definition) is 6. The molecule has 0 aromatic heterocycles. The maximum atomic E-state index is 11.6. The van der Waals surface area contributed by atoms with Crippen molar-refractivity contribution in [2.45, 2.75) is 26.2 Å². The molecule has 0 saturated heterocycles. The van der Waals surface area contributed by atoms with E-state index in [0.29, 0.717) is 5.56 Å². The standard InChI is InChI=1S/C12H14N2O6/c1-12(2,3)7-5-8(13(16)17)10(11(15)20-4)9(6-7)14(18)19/h5-6H,1-4H3. The van der Waals surface area contributed by atoms with E-state index in [1.807, 2.05) is 0 Å². The Morgan fingerprint density at radius 1 is 1.10 bits per heavy atom. The van der Waals surface area contributed by atoms with E-state index in [-0.39, 0.29) is 0 Å². The molecule has 8 nitrogen and oxygen atoms in total. The average Bonchev–Trinajstić information content (AvgIpc) is 2.34. The molecular weight excluding hydrogens is 268 g/mol. The molecule has 1 rings (SSSR count). The predicted molar refractivity (Wildman–Crippen MR) is 69.8 cm³/mol. The molecule has 1 aromatic rings. The van der Waals surface area contributed by atoms with Crippen molar-refractivity contribution in [1.82, 2.24) is 0 Å². The number of ether oxygens (including phenoxy) is 1. The molecule has 0 radical (unpaired) electrons. The third kappa shape index (κ3) is 2.90. The zero-order valence-electron chi connectivity index (χ0n) is 11.5. The number of rotatable bonds is 3. The van der Waals surface area contributed by atoms with E-state index in [1.54, 1.807) is 20.8 Å². The summed E-state index contributed by atoms with van der Waals surface area (Å²) in [5, 5.41) is 22.1. The largest absolute Gasteiger partial charge is 0.465 e. The molecule has 0 aliphatic rings. The highest BCUT2D eigenvalue weighted by Gasteiger charge is 2.34. The van der Waals surface area contributed by atoms with Crippen molar-refractivity contribution < 1.29 is 19.4 Å². The zero-order chi connectivity index (χ0) is 15.7. The van der Waals surface area contributed by atoms with Crippen LogP contribution in [0.3, 0.4) is 0 Å². The minimum Gasteiger partial charge on any atom is -0.465 e. The molecule has 0 spiro atoms. The summed E-state index contributed by atoms with van der Waals surface area (Å²) in [4.78, 5) is 32.1. The highest BCUT2D eigenvalue weighted by atomic mass is 16.6. The molecule has 0 saturated carbocycles. The van der Waals surface area contributed by atoms with Crippen molar-refractivity contribution in [2.75, 3.05) is 7.11 Å². The highest BCUT2D eigenvalue weighted by molar-refractivity contribution is 5.98. The number of carbonyl (C=O) groups is 1. The Morgan fingerprint density at radius 3 is 1.75 bits per heavy atom. The van der Waals surface area contributed by atoms with Gasteiger partial charge in [-0.15, -0.1) is 0 Å². The van der Waals surface area contributed by atoms with Gasteiger partial charge in [-0.2, -0.15) is 0 Å². The minimum absolute atomic E-state index is 0.392. The number of carbonyl (C=O) groups excluding carboxylic acids is 1. The molecule has 0 bridgehead atoms. The van der Waals surface area contributed by atoms with Crippen LogP contribution in [0.4, 0.5) is 11.4 Å². The summed E-state index contributed by atoms with van der Waals surface area (Å²) in [6, 6.07) is 2.33. The first-order chi connectivity index (χ1) is 9.09. The average molecular weight is 282 g/mol. The molecule has 108 valence electrons. The van der Waals surface area contributed by atoms with Gasteiger partial charge in [-0.05, 0) is 11.0 Å². The van der Waals surface area contributed by atoms with Crippen LogP contribution in [0.15, 0.2) is 12.1 Å². The quantitative estimate of drug-likeness (QED) is 0.478. The van der Waals surface area contributed by atoms with Crippen LogP contribution in [0.1, 0.15) is 36.7 Å². The SMILES string of the molecule is COC(=O)c1c([N+](=O)[O-])cc(C(C)(C)C)cc1[N+](=O)[O-]. The van der Waals surface area contributed by atoms with Crippen molar-refractivity contribution in [3.8, 4) is 0 Å². The second kappa shape index (κ2) is 5.24. The molecule has 0 unspecified atom stereocenters. The van der Waals surface area contributed by atoms with Gasteiger partial charge in [0.05, 0.1) is 17.0 Å². The number of nitro benzene ring substituents is 2. The fourth-order valence-corrected chi connectivity index (χ4v) is 1.64. The Kier molecular flexibility index (Phi) is 4.07. The van der Waals surface area contributed by atoms with E-state index in [0.717, 1.165) is 7.11 Å². The predicted octanol–water partition coefficient (Wildman–Crippen LogP) is 2.59. The third-order valence-corrected chi connectivity index (χ3v) is 2.75. The van der Waals surface area contributed by atoms with Crippen LogP contribution in [0.5, 0.6) is 0 Å². The summed E-state index contributed by atoms with van der Waals surface area (Å²) in [6.07, 6.45) is 0. The molecule has 0 aliphatic carbocycles. The molecule has 0 heterocycles. The van der Waals surface area contributed by atoms with Gasteiger partial charge in [0.2, 0.25) is 5.56 Å². The van der Waals surface area contributed by atoms with E-state index >= 15 is 0 Å². The van der Waals surface area contributed by atoms with E-state index in [4.69, 9.17) is 0 Å². The van der Waals surface area contributed by atoms with Gasteiger partial charge in [-0.25, -0.2) is 4.79 Å². The first kappa shape index (κ1) is 15.5. The fourth-order valence-electron chi connectivity index (χ4n) is 1.64. The van der Waals surface area contributed by atoms with Gasteiger partial charge in [0.15, 0.2) is 0 Å². The lowest BCUT2D eigenvalue weighted by Gasteiger charge is -2.19. The summed E-state index contributed by atoms with van der Waals surface area (Å²) in [7, 11) is 1.01. The first-order valence-corrected chi connectivity index (χ1v) is 5.65. The second-order valence-corrected chi connectivity index (χ2v) is 5.15. The molecular formula is C12H14N2O6. The number of benzene rings is 1. The Morgan fingerprint density at radius 2 is 1.50 bits per heavy atom. The summed E-state index contributed by atoms with van der Waals surface area (Å²) in [5.74, 6) is -1.11. The molecule has 0 atom stereocenters. The molecule has 0 amide bonds. The Balaban J connectivity index is 3.77. The second-order valence-electron chi connectivity index (χ2n) is 5.15. The monoisotopic (exact) mass is 282 g/mol. The van der Waals surface area contributed by atoms with Gasteiger partial charge in [0.25, 0.3) is 11.4 Å². The van der Waals surface area contributed by atoms with Gasteiger partial charge in [0.1, 0.15) is 0 Å². The topological polar surface area (TPSA) is 113 Å². The number of nitro groups is 2. The fraction of sp³-hybridized carbons (Fsp3) is 0.417. The van der Waals surface area contributed by atoms with Crippen LogP contribution in [-0.4, -0.2) is 22.9 Å². The molecule has 0 N–H and O–H groups in total. The maximum absolute atomic E-state index is 11.6. The van der Waals surface area contributed by atoms with Gasteiger partial charge in [0, 0.05) is 12.1 Å². The van der Waals surface area contributed by atoms with E-state index < -0.39 is 38.2 Å². The van der Waals surface area contributed by atoms with Gasteiger partial charge < -0.3 is 4.74 Å². The van der Waals surface area contributed by atoms with Crippen molar-refractivity contribution in [1.29, 1.82) is 0 Å². The lowest BCUT2D eigenvalue weighted by atomic mass is 9.85. The van der Waals surface area contributed by atoms with E-state index in [2.05, 4.69) is 4.74 Å². The first-order valence-electron chi connectivity index (χ1n) is 5.65. The molecule has 0 fully saturated rings. The molecule has 20 heavy (non-hydrogen) atoms. The summed E-state index contributed by atoms with van der Waals surface area (Å²) in [5.41, 5.74) is -2.05. The Labute approximate surface area is 114 Å². The Hall–Kier alpha value is -2.51. The highest BCUT2D eigenvalue weighted by Crippen LogP contribution is 2.35. The summed E-state index contributed by atoms with van der Waals surface area (Å²) in [6.45, 7) is 5.27. The Bertz CT molecular complexity index is 553. The molecule has 8 heteroatoms. The molecule has 0 aliphatic heterocycles. The summed E-state index contributed by atoms with van der Waals surface area (Å²) >= 11 is 0. The van der Waals surface area contributed by atoms with Crippen LogP contribution in [0.2, 0.25) is 0 Å². The van der Waals surface area contributed by atoms with Crippen molar-refractivity contribution in [3.05, 3.63) is 43.5 Å². The van der Waals surface area contributed by atoms with Gasteiger partial charge >= 0.3 is 5.97 Å². The summed E-state index contributed by atoms with van der Waals surface area (Å²) < 4.78 is 4.40. The van der Waals surface area contributed by atoms with Crippen LogP contribution < -0.4 is 0 Å². The number of esters is 1. The van der Waals surface area contributed by atoms with Crippen LogP contribution in [0, 0.1) is 20.2 Å². The van der Waals surface area contributed by atoms with Crippen molar-refractivity contribution in [2.24, 2.45) is 0 Å². The molecule has 1 aromatic carbocycles. The smallest absolute Gasteiger partial charge is 0.352 e.